The predicted molar refractivity (Wildman–Crippen MR) is 63.3 cm³/mol. The highest BCUT2D eigenvalue weighted by Crippen LogP contribution is 1.99. The Bertz CT molecular complexity index is 239. The van der Waals surface area contributed by atoms with Crippen LogP contribution in [0.3, 0.4) is 0 Å². The van der Waals surface area contributed by atoms with Gasteiger partial charge in [0.25, 0.3) is 0 Å². The van der Waals surface area contributed by atoms with Crippen molar-refractivity contribution in [3.63, 3.8) is 0 Å². The third kappa shape index (κ3) is 11.3. The lowest BCUT2D eigenvalue weighted by Gasteiger charge is -2.02. The quantitative estimate of drug-likeness (QED) is 0.276. The van der Waals surface area contributed by atoms with Crippen molar-refractivity contribution < 1.29 is 0 Å². The van der Waals surface area contributed by atoms with Gasteiger partial charge < -0.3 is 0 Å². The molecule has 0 atom stereocenters. The van der Waals surface area contributed by atoms with Gasteiger partial charge >= 0.3 is 0 Å². The van der Waals surface area contributed by atoms with E-state index in [-0.39, 0.29) is 0 Å². The summed E-state index contributed by atoms with van der Waals surface area (Å²) in [4.78, 5) is 0. The van der Waals surface area contributed by atoms with Crippen LogP contribution in [0.5, 0.6) is 0 Å². The van der Waals surface area contributed by atoms with E-state index in [1.807, 2.05) is 13.0 Å². The monoisotopic (exact) mass is 192 g/mol. The fourth-order valence-electron chi connectivity index (χ4n) is 0.821. The van der Waals surface area contributed by atoms with Crippen molar-refractivity contribution in [3.8, 4) is 11.5 Å². The summed E-state index contributed by atoms with van der Waals surface area (Å²) in [6.07, 6.45) is 7.32. The van der Waals surface area contributed by atoms with Gasteiger partial charge in [-0.15, -0.1) is 17.2 Å². The highest BCUT2D eigenvalue weighted by atomic mass is 28.3. The SMILES string of the molecule is CC=C=CCCCC#C[Si](C)(C)C. The van der Waals surface area contributed by atoms with Crippen molar-refractivity contribution in [1.29, 1.82) is 0 Å². The molecule has 0 unspecified atom stereocenters. The average Bonchev–Trinajstić information content (AvgIpc) is 2.01. The van der Waals surface area contributed by atoms with E-state index in [1.165, 1.54) is 6.42 Å². The first-order valence-corrected chi connectivity index (χ1v) is 8.42. The van der Waals surface area contributed by atoms with Crippen LogP contribution in [0, 0.1) is 11.5 Å². The molecule has 0 saturated heterocycles. The van der Waals surface area contributed by atoms with E-state index in [2.05, 4.69) is 42.9 Å². The summed E-state index contributed by atoms with van der Waals surface area (Å²) in [5, 5.41) is 0. The molecule has 0 aliphatic rings. The number of allylic oxidation sites excluding steroid dienone is 1. The van der Waals surface area contributed by atoms with Crippen molar-refractivity contribution in [2.24, 2.45) is 0 Å². The Morgan fingerprint density at radius 1 is 1.23 bits per heavy atom. The smallest absolute Gasteiger partial charge is 0.129 e. The third-order valence-corrected chi connectivity index (χ3v) is 2.32. The van der Waals surface area contributed by atoms with Gasteiger partial charge in [-0.1, -0.05) is 19.6 Å². The van der Waals surface area contributed by atoms with Crippen molar-refractivity contribution in [1.82, 2.24) is 0 Å². The van der Waals surface area contributed by atoms with Crippen LogP contribution in [0.4, 0.5) is 0 Å². The second-order valence-electron chi connectivity index (χ2n) is 4.10. The maximum atomic E-state index is 3.36. The normalized spacial score (nSPS) is 9.54. The molecule has 0 heterocycles. The lowest BCUT2D eigenvalue weighted by Crippen LogP contribution is -2.16. The Hall–Kier alpha value is -0.703. The molecule has 0 aliphatic carbocycles. The van der Waals surface area contributed by atoms with Gasteiger partial charge in [0, 0.05) is 6.42 Å². The molecule has 1 heteroatoms. The molecule has 0 radical (unpaired) electrons. The highest BCUT2D eigenvalue weighted by Gasteiger charge is 2.06. The van der Waals surface area contributed by atoms with Gasteiger partial charge in [-0.05, 0) is 31.9 Å². The Balaban J connectivity index is 3.55. The summed E-state index contributed by atoms with van der Waals surface area (Å²) in [6, 6.07) is 0. The van der Waals surface area contributed by atoms with Crippen molar-refractivity contribution in [2.75, 3.05) is 0 Å². The summed E-state index contributed by atoms with van der Waals surface area (Å²) >= 11 is 0. The molecule has 0 spiro atoms. The van der Waals surface area contributed by atoms with E-state index in [4.69, 9.17) is 0 Å². The van der Waals surface area contributed by atoms with Crippen LogP contribution >= 0.6 is 0 Å². The number of unbranched alkanes of at least 4 members (excludes halogenated alkanes) is 2. The number of hydrogen-bond acceptors (Lipinski definition) is 0. The maximum absolute atomic E-state index is 3.36. The van der Waals surface area contributed by atoms with E-state index < -0.39 is 8.07 Å². The summed E-state index contributed by atoms with van der Waals surface area (Å²) in [5.74, 6) is 3.26. The Morgan fingerprint density at radius 3 is 2.46 bits per heavy atom. The maximum Gasteiger partial charge on any atom is 0.129 e. The molecular weight excluding hydrogens is 172 g/mol. The van der Waals surface area contributed by atoms with Crippen LogP contribution in [0.2, 0.25) is 19.6 Å². The zero-order valence-electron chi connectivity index (χ0n) is 9.28. The first-order valence-electron chi connectivity index (χ1n) is 4.92. The Morgan fingerprint density at radius 2 is 1.92 bits per heavy atom. The van der Waals surface area contributed by atoms with Gasteiger partial charge in [0.1, 0.15) is 8.07 Å². The van der Waals surface area contributed by atoms with E-state index in [9.17, 15) is 0 Å². The Labute approximate surface area is 83.8 Å². The topological polar surface area (TPSA) is 0 Å². The summed E-state index contributed by atoms with van der Waals surface area (Å²) in [7, 11) is -1.13. The molecule has 0 N–H and O–H groups in total. The molecule has 0 saturated carbocycles. The molecule has 0 fully saturated rings. The van der Waals surface area contributed by atoms with Crippen molar-refractivity contribution in [2.45, 2.75) is 45.8 Å². The van der Waals surface area contributed by atoms with Crippen LogP contribution < -0.4 is 0 Å². The zero-order valence-corrected chi connectivity index (χ0v) is 10.3. The Kier molecular flexibility index (Phi) is 6.41. The predicted octanol–water partition coefficient (Wildman–Crippen LogP) is 3.77. The molecule has 0 bridgehead atoms. The standard InChI is InChI=1S/C12H20Si/c1-5-6-7-8-9-10-11-12-13(2,3)4/h5,7H,8-10H2,1-4H3. The summed E-state index contributed by atoms with van der Waals surface area (Å²) in [5.41, 5.74) is 6.43. The van der Waals surface area contributed by atoms with E-state index >= 15 is 0 Å². The van der Waals surface area contributed by atoms with Crippen molar-refractivity contribution >= 4 is 8.07 Å². The fourth-order valence-corrected chi connectivity index (χ4v) is 1.48. The van der Waals surface area contributed by atoms with Gasteiger partial charge in [0.2, 0.25) is 0 Å². The van der Waals surface area contributed by atoms with Gasteiger partial charge in [-0.25, -0.2) is 0 Å². The van der Waals surface area contributed by atoms with Crippen molar-refractivity contribution in [3.05, 3.63) is 17.9 Å². The number of rotatable bonds is 3. The number of hydrogen-bond donors (Lipinski definition) is 0. The summed E-state index contributed by atoms with van der Waals surface area (Å²) < 4.78 is 0. The van der Waals surface area contributed by atoms with Crippen LogP contribution in [0.15, 0.2) is 17.9 Å². The average molecular weight is 192 g/mol. The second kappa shape index (κ2) is 6.77. The molecule has 13 heavy (non-hydrogen) atoms. The molecule has 0 aromatic heterocycles. The first kappa shape index (κ1) is 12.3. The zero-order chi connectivity index (χ0) is 10.2. The molecular formula is C12H20Si. The first-order chi connectivity index (χ1) is 6.06. The van der Waals surface area contributed by atoms with Crippen LogP contribution in [0.25, 0.3) is 0 Å². The minimum Gasteiger partial charge on any atom is -0.132 e. The van der Waals surface area contributed by atoms with Gasteiger partial charge in [0.05, 0.1) is 0 Å². The molecule has 0 aromatic carbocycles. The lowest BCUT2D eigenvalue weighted by molar-refractivity contribution is 0.886. The van der Waals surface area contributed by atoms with Gasteiger partial charge in [0.15, 0.2) is 0 Å². The lowest BCUT2D eigenvalue weighted by atomic mass is 10.2. The van der Waals surface area contributed by atoms with E-state index in [1.54, 1.807) is 0 Å². The molecule has 0 amide bonds. The largest absolute Gasteiger partial charge is 0.132 e. The van der Waals surface area contributed by atoms with E-state index in [0.717, 1.165) is 12.8 Å². The van der Waals surface area contributed by atoms with Crippen LogP contribution in [-0.2, 0) is 0 Å². The van der Waals surface area contributed by atoms with Crippen LogP contribution in [0.1, 0.15) is 26.2 Å². The van der Waals surface area contributed by atoms with Gasteiger partial charge in [-0.3, -0.25) is 0 Å². The molecule has 72 valence electrons. The molecule has 0 aliphatic heterocycles. The third-order valence-electron chi connectivity index (χ3n) is 1.40. The molecule has 0 nitrogen and oxygen atoms in total. The van der Waals surface area contributed by atoms with Gasteiger partial charge in [-0.2, -0.15) is 0 Å². The molecule has 0 rings (SSSR count). The molecule has 0 aromatic rings. The van der Waals surface area contributed by atoms with Crippen LogP contribution in [-0.4, -0.2) is 8.07 Å². The minimum atomic E-state index is -1.13. The van der Waals surface area contributed by atoms with E-state index in [0.29, 0.717) is 0 Å². The highest BCUT2D eigenvalue weighted by molar-refractivity contribution is 6.83. The minimum absolute atomic E-state index is 1.03. The summed E-state index contributed by atoms with van der Waals surface area (Å²) in [6.45, 7) is 8.82. The fraction of sp³-hybridized carbons (Fsp3) is 0.583. The second-order valence-corrected chi connectivity index (χ2v) is 8.85.